The monoisotopic (exact) mass is 232 g/mol. The Morgan fingerprint density at radius 3 is 2.12 bits per heavy atom. The average molecular weight is 232 g/mol. The van der Waals surface area contributed by atoms with Crippen molar-refractivity contribution in [2.45, 2.75) is 12.2 Å². The number of hydrogen-bond acceptors (Lipinski definition) is 6. The molecule has 0 aromatic rings. The molecule has 0 bridgehead atoms. The van der Waals surface area contributed by atoms with Crippen LogP contribution in [0.2, 0.25) is 0 Å². The van der Waals surface area contributed by atoms with Gasteiger partial charge in [0.1, 0.15) is 12.2 Å². The Morgan fingerprint density at radius 1 is 1.38 bits per heavy atom. The SMILES string of the molecule is C(OCC1CO1)C1CO1.C=CC(=O)OCO. The van der Waals surface area contributed by atoms with Gasteiger partial charge in [-0.2, -0.15) is 0 Å². The van der Waals surface area contributed by atoms with Gasteiger partial charge in [0, 0.05) is 6.08 Å². The summed E-state index contributed by atoms with van der Waals surface area (Å²) in [4.78, 5) is 9.91. The molecule has 0 aliphatic carbocycles. The van der Waals surface area contributed by atoms with Crippen LogP contribution in [0.3, 0.4) is 0 Å². The molecule has 0 aromatic carbocycles. The first-order valence-corrected chi connectivity index (χ1v) is 4.97. The first kappa shape index (κ1) is 13.1. The Balaban J connectivity index is 0.000000168. The van der Waals surface area contributed by atoms with E-state index in [1.54, 1.807) is 0 Å². The molecule has 2 aliphatic rings. The molecule has 0 radical (unpaired) electrons. The van der Waals surface area contributed by atoms with Crippen molar-refractivity contribution >= 4 is 5.97 Å². The van der Waals surface area contributed by atoms with Crippen LogP contribution in [0.4, 0.5) is 0 Å². The van der Waals surface area contributed by atoms with Gasteiger partial charge in [0.2, 0.25) is 0 Å². The molecule has 0 amide bonds. The fourth-order valence-electron chi connectivity index (χ4n) is 0.782. The number of esters is 1. The molecule has 6 heteroatoms. The minimum atomic E-state index is -0.609. The highest BCUT2D eigenvalue weighted by molar-refractivity contribution is 5.81. The highest BCUT2D eigenvalue weighted by Crippen LogP contribution is 2.12. The molecule has 2 fully saturated rings. The molecule has 0 saturated carbocycles. The highest BCUT2D eigenvalue weighted by Gasteiger charge is 2.26. The average Bonchev–Trinajstić information content (AvgIpc) is 3.13. The summed E-state index contributed by atoms with van der Waals surface area (Å²) in [6.07, 6.45) is 1.77. The third-order valence-corrected chi connectivity index (χ3v) is 1.79. The van der Waals surface area contributed by atoms with Crippen molar-refractivity contribution in [3.05, 3.63) is 12.7 Å². The van der Waals surface area contributed by atoms with E-state index in [9.17, 15) is 4.79 Å². The molecule has 2 aliphatic heterocycles. The van der Waals surface area contributed by atoms with Crippen molar-refractivity contribution in [3.63, 3.8) is 0 Å². The largest absolute Gasteiger partial charge is 0.436 e. The molecule has 0 aromatic heterocycles. The summed E-state index contributed by atoms with van der Waals surface area (Å²) < 4.78 is 19.1. The number of hydrogen-bond donors (Lipinski definition) is 1. The maximum absolute atomic E-state index is 9.91. The van der Waals surface area contributed by atoms with Crippen molar-refractivity contribution < 1.29 is 28.8 Å². The van der Waals surface area contributed by atoms with E-state index in [1.807, 2.05) is 0 Å². The van der Waals surface area contributed by atoms with Gasteiger partial charge in [-0.15, -0.1) is 0 Å². The fraction of sp³-hybridized carbons (Fsp3) is 0.700. The van der Waals surface area contributed by atoms with Gasteiger partial charge >= 0.3 is 5.97 Å². The Labute approximate surface area is 93.7 Å². The summed E-state index contributed by atoms with van der Waals surface area (Å²) in [5.41, 5.74) is 0. The summed E-state index contributed by atoms with van der Waals surface area (Å²) in [6.45, 7) is 5.78. The molecule has 92 valence electrons. The van der Waals surface area contributed by atoms with E-state index in [-0.39, 0.29) is 0 Å². The lowest BCUT2D eigenvalue weighted by atomic mass is 10.5. The van der Waals surface area contributed by atoms with E-state index in [4.69, 9.17) is 19.3 Å². The van der Waals surface area contributed by atoms with Crippen LogP contribution in [-0.2, 0) is 23.7 Å². The highest BCUT2D eigenvalue weighted by atomic mass is 16.6. The molecule has 2 heterocycles. The van der Waals surface area contributed by atoms with E-state index in [0.29, 0.717) is 12.2 Å². The minimum Gasteiger partial charge on any atom is -0.436 e. The van der Waals surface area contributed by atoms with E-state index in [1.165, 1.54) is 0 Å². The summed E-state index contributed by atoms with van der Waals surface area (Å²) in [7, 11) is 0. The number of aliphatic hydroxyl groups is 1. The minimum absolute atomic E-state index is 0.392. The zero-order valence-electron chi connectivity index (χ0n) is 8.96. The topological polar surface area (TPSA) is 80.8 Å². The number of epoxide rings is 2. The Kier molecular flexibility index (Phi) is 6.02. The van der Waals surface area contributed by atoms with Crippen LogP contribution in [0, 0.1) is 0 Å². The molecule has 16 heavy (non-hydrogen) atoms. The molecule has 2 rings (SSSR count). The van der Waals surface area contributed by atoms with Crippen molar-refractivity contribution in [1.29, 1.82) is 0 Å². The Bertz CT molecular complexity index is 209. The molecular formula is C10H16O6. The Hall–Kier alpha value is -0.950. The number of carbonyl (C=O) groups excluding carboxylic acids is 1. The Morgan fingerprint density at radius 2 is 1.88 bits per heavy atom. The van der Waals surface area contributed by atoms with Crippen LogP contribution in [0.1, 0.15) is 0 Å². The quantitative estimate of drug-likeness (QED) is 0.287. The number of ether oxygens (including phenoxy) is 4. The zero-order valence-corrected chi connectivity index (χ0v) is 8.96. The molecule has 2 saturated heterocycles. The molecule has 0 spiro atoms. The van der Waals surface area contributed by atoms with Gasteiger partial charge in [0.25, 0.3) is 0 Å². The van der Waals surface area contributed by atoms with Gasteiger partial charge in [-0.05, 0) is 0 Å². The molecule has 2 unspecified atom stereocenters. The lowest BCUT2D eigenvalue weighted by Gasteiger charge is -1.95. The molecular weight excluding hydrogens is 216 g/mol. The van der Waals surface area contributed by atoms with Gasteiger partial charge in [-0.3, -0.25) is 0 Å². The molecule has 1 N–H and O–H groups in total. The maximum atomic E-state index is 9.91. The number of carbonyl (C=O) groups is 1. The van der Waals surface area contributed by atoms with Crippen LogP contribution in [0.5, 0.6) is 0 Å². The standard InChI is InChI=1S/C6H10O3.C4H6O3/c1(5-3-8-5)7-2-6-4-9-6;1-2-4(6)7-3-5/h5-6H,1-4H2;2,5H,1,3H2. The van der Waals surface area contributed by atoms with Crippen molar-refractivity contribution in [2.24, 2.45) is 0 Å². The van der Waals surface area contributed by atoms with Gasteiger partial charge in [-0.1, -0.05) is 6.58 Å². The summed E-state index contributed by atoms with van der Waals surface area (Å²) >= 11 is 0. The van der Waals surface area contributed by atoms with E-state index in [0.717, 1.165) is 32.5 Å². The van der Waals surface area contributed by atoms with Gasteiger partial charge in [-0.25, -0.2) is 4.79 Å². The first-order valence-electron chi connectivity index (χ1n) is 4.97. The lowest BCUT2D eigenvalue weighted by Crippen LogP contribution is -2.06. The van der Waals surface area contributed by atoms with Crippen LogP contribution < -0.4 is 0 Å². The van der Waals surface area contributed by atoms with Gasteiger partial charge < -0.3 is 24.1 Å². The molecule has 6 nitrogen and oxygen atoms in total. The normalized spacial score (nSPS) is 25.1. The van der Waals surface area contributed by atoms with Crippen molar-refractivity contribution in [1.82, 2.24) is 0 Å². The van der Waals surface area contributed by atoms with E-state index in [2.05, 4.69) is 11.3 Å². The number of rotatable bonds is 6. The summed E-state index contributed by atoms with van der Waals surface area (Å²) in [5, 5.41) is 7.88. The summed E-state index contributed by atoms with van der Waals surface area (Å²) in [6, 6.07) is 0. The summed E-state index contributed by atoms with van der Waals surface area (Å²) in [5.74, 6) is -0.609. The second kappa shape index (κ2) is 7.34. The third-order valence-electron chi connectivity index (χ3n) is 1.79. The predicted octanol–water partition coefficient (Wildman–Crippen LogP) is -0.534. The van der Waals surface area contributed by atoms with Crippen LogP contribution in [0.25, 0.3) is 0 Å². The smallest absolute Gasteiger partial charge is 0.332 e. The van der Waals surface area contributed by atoms with Crippen LogP contribution in [-0.4, -0.2) is 56.5 Å². The van der Waals surface area contributed by atoms with Gasteiger partial charge in [0.05, 0.1) is 26.4 Å². The zero-order chi connectivity index (χ0) is 11.8. The second-order valence-electron chi connectivity index (χ2n) is 3.24. The number of aliphatic hydroxyl groups excluding tert-OH is 1. The predicted molar refractivity (Wildman–Crippen MR) is 53.7 cm³/mol. The van der Waals surface area contributed by atoms with E-state index >= 15 is 0 Å². The van der Waals surface area contributed by atoms with Crippen LogP contribution in [0.15, 0.2) is 12.7 Å². The van der Waals surface area contributed by atoms with E-state index < -0.39 is 12.8 Å². The fourth-order valence-corrected chi connectivity index (χ4v) is 0.782. The third kappa shape index (κ3) is 7.36. The van der Waals surface area contributed by atoms with Crippen molar-refractivity contribution in [2.75, 3.05) is 33.2 Å². The molecule has 2 atom stereocenters. The van der Waals surface area contributed by atoms with Crippen LogP contribution >= 0.6 is 0 Å². The van der Waals surface area contributed by atoms with Gasteiger partial charge in [0.15, 0.2) is 6.79 Å². The maximum Gasteiger partial charge on any atom is 0.332 e. The van der Waals surface area contributed by atoms with Crippen molar-refractivity contribution in [3.8, 4) is 0 Å². The lowest BCUT2D eigenvalue weighted by molar-refractivity contribution is -0.145. The first-order chi connectivity index (χ1) is 7.76. The second-order valence-corrected chi connectivity index (χ2v) is 3.24.